The van der Waals surface area contributed by atoms with Gasteiger partial charge >= 0.3 is 11.9 Å². The Balaban J connectivity index is 2.06. The lowest BCUT2D eigenvalue weighted by molar-refractivity contribution is -0.133. The summed E-state index contributed by atoms with van der Waals surface area (Å²) in [4.78, 5) is 24.6. The summed E-state index contributed by atoms with van der Waals surface area (Å²) in [5.74, 6) is -0.0426. The average molecular weight is 366 g/mol. The first-order valence-corrected chi connectivity index (χ1v) is 9.07. The Morgan fingerprint density at radius 1 is 1.07 bits per heavy atom. The molecule has 5 heteroatoms. The minimum absolute atomic E-state index is 0.102. The number of benzene rings is 2. The van der Waals surface area contributed by atoms with E-state index in [0.29, 0.717) is 28.9 Å². The van der Waals surface area contributed by atoms with Crippen LogP contribution >= 0.6 is 0 Å². The fourth-order valence-corrected chi connectivity index (χ4v) is 2.84. The molecule has 0 radical (unpaired) electrons. The molecule has 0 saturated heterocycles. The van der Waals surface area contributed by atoms with E-state index in [0.717, 1.165) is 19.3 Å². The summed E-state index contributed by atoms with van der Waals surface area (Å²) in [6, 6.07) is 14.1. The van der Waals surface area contributed by atoms with Gasteiger partial charge in [-0.1, -0.05) is 50.1 Å². The minimum Gasteiger partial charge on any atom is -0.493 e. The fourth-order valence-electron chi connectivity index (χ4n) is 2.84. The number of unbranched alkanes of at least 4 members (excludes halogenated alkanes) is 2. The summed E-state index contributed by atoms with van der Waals surface area (Å²) in [6.45, 7) is 4.00. The summed E-state index contributed by atoms with van der Waals surface area (Å²) in [6.07, 6.45) is 3.17. The van der Waals surface area contributed by atoms with Crippen molar-refractivity contribution >= 4 is 16.9 Å². The zero-order valence-electron chi connectivity index (χ0n) is 15.5. The lowest BCUT2D eigenvalue weighted by atomic mass is 10.0. The van der Waals surface area contributed by atoms with E-state index < -0.39 is 5.97 Å². The Morgan fingerprint density at radius 2 is 1.85 bits per heavy atom. The van der Waals surface area contributed by atoms with Crippen LogP contribution in [0.4, 0.5) is 0 Å². The van der Waals surface area contributed by atoms with Crippen LogP contribution < -0.4 is 14.9 Å². The zero-order valence-corrected chi connectivity index (χ0v) is 15.5. The van der Waals surface area contributed by atoms with Gasteiger partial charge in [0.05, 0.1) is 12.0 Å². The lowest BCUT2D eigenvalue weighted by Gasteiger charge is -2.10. The van der Waals surface area contributed by atoms with Crippen molar-refractivity contribution in [3.8, 4) is 22.8 Å². The summed E-state index contributed by atoms with van der Waals surface area (Å²) in [7, 11) is 0. The molecule has 0 saturated carbocycles. The first kappa shape index (κ1) is 18.7. The Morgan fingerprint density at radius 3 is 2.56 bits per heavy atom. The van der Waals surface area contributed by atoms with Gasteiger partial charge in [0.25, 0.3) is 0 Å². The van der Waals surface area contributed by atoms with Crippen LogP contribution in [-0.2, 0) is 4.79 Å². The van der Waals surface area contributed by atoms with E-state index in [4.69, 9.17) is 13.9 Å². The number of rotatable bonds is 7. The van der Waals surface area contributed by atoms with Gasteiger partial charge in [0, 0.05) is 13.0 Å². The highest BCUT2D eigenvalue weighted by Gasteiger charge is 2.19. The van der Waals surface area contributed by atoms with Gasteiger partial charge < -0.3 is 13.9 Å². The van der Waals surface area contributed by atoms with E-state index in [1.54, 1.807) is 30.3 Å². The minimum atomic E-state index is -0.554. The number of ether oxygens (including phenoxy) is 2. The van der Waals surface area contributed by atoms with Crippen molar-refractivity contribution in [2.45, 2.75) is 33.1 Å². The average Bonchev–Trinajstić information content (AvgIpc) is 2.65. The lowest BCUT2D eigenvalue weighted by Crippen LogP contribution is -2.11. The Hall–Kier alpha value is -3.08. The Kier molecular flexibility index (Phi) is 5.91. The molecule has 0 aliphatic rings. The molecule has 0 bridgehead atoms. The fraction of sp³-hybridized carbons (Fsp3) is 0.273. The van der Waals surface area contributed by atoms with Crippen LogP contribution in [0.2, 0.25) is 0 Å². The van der Waals surface area contributed by atoms with E-state index in [1.165, 1.54) is 6.92 Å². The van der Waals surface area contributed by atoms with Crippen molar-refractivity contribution in [1.82, 2.24) is 0 Å². The van der Waals surface area contributed by atoms with Crippen molar-refractivity contribution < 1.29 is 18.7 Å². The molecular weight excluding hydrogens is 344 g/mol. The number of esters is 1. The molecule has 1 heterocycles. The molecular formula is C22H22O5. The van der Waals surface area contributed by atoms with Gasteiger partial charge in [-0.05, 0) is 24.1 Å². The first-order chi connectivity index (χ1) is 13.1. The van der Waals surface area contributed by atoms with Gasteiger partial charge in [-0.25, -0.2) is 0 Å². The maximum atomic E-state index is 13.0. The summed E-state index contributed by atoms with van der Waals surface area (Å²) in [5, 5.41) is 0.408. The van der Waals surface area contributed by atoms with Gasteiger partial charge in [0.2, 0.25) is 5.43 Å². The molecule has 0 atom stereocenters. The van der Waals surface area contributed by atoms with Crippen molar-refractivity contribution in [3.63, 3.8) is 0 Å². The van der Waals surface area contributed by atoms with Gasteiger partial charge in [-0.15, -0.1) is 0 Å². The zero-order chi connectivity index (χ0) is 19.2. The molecule has 2 aromatic carbocycles. The smallest absolute Gasteiger partial charge is 0.310 e. The molecule has 0 unspecified atom stereocenters. The third kappa shape index (κ3) is 4.37. The molecule has 0 N–H and O–H groups in total. The molecule has 0 aliphatic heterocycles. The topological polar surface area (TPSA) is 65.7 Å². The van der Waals surface area contributed by atoms with E-state index in [1.807, 2.05) is 18.2 Å². The van der Waals surface area contributed by atoms with Crippen LogP contribution in [0.25, 0.3) is 22.1 Å². The number of carbonyl (C=O) groups excluding carboxylic acids is 1. The van der Waals surface area contributed by atoms with E-state index in [9.17, 15) is 9.59 Å². The normalized spacial score (nSPS) is 10.7. The highest BCUT2D eigenvalue weighted by atomic mass is 16.6. The van der Waals surface area contributed by atoms with E-state index >= 15 is 0 Å². The molecule has 140 valence electrons. The van der Waals surface area contributed by atoms with Crippen LogP contribution in [0.3, 0.4) is 0 Å². The monoisotopic (exact) mass is 366 g/mol. The number of carbonyl (C=O) groups is 1. The second-order valence-corrected chi connectivity index (χ2v) is 6.27. The Bertz CT molecular complexity index is 989. The predicted molar refractivity (Wildman–Crippen MR) is 104 cm³/mol. The SMILES string of the molecule is CCCCCOc1ccc2c(=O)c(-c3ccccc3)c(OC(C)=O)oc2c1. The highest BCUT2D eigenvalue weighted by molar-refractivity contribution is 5.86. The van der Waals surface area contributed by atoms with Crippen LogP contribution in [0.5, 0.6) is 11.7 Å². The van der Waals surface area contributed by atoms with Crippen LogP contribution in [0, 0.1) is 0 Å². The van der Waals surface area contributed by atoms with E-state index in [2.05, 4.69) is 6.92 Å². The molecule has 0 spiro atoms. The summed E-state index contributed by atoms with van der Waals surface area (Å²) < 4.78 is 16.7. The third-order valence-electron chi connectivity index (χ3n) is 4.15. The van der Waals surface area contributed by atoms with Gasteiger partial charge in [0.15, 0.2) is 0 Å². The molecule has 27 heavy (non-hydrogen) atoms. The third-order valence-corrected chi connectivity index (χ3v) is 4.15. The number of hydrogen-bond acceptors (Lipinski definition) is 5. The van der Waals surface area contributed by atoms with Gasteiger partial charge in [-0.2, -0.15) is 0 Å². The summed E-state index contributed by atoms with van der Waals surface area (Å²) in [5.41, 5.74) is 0.930. The molecule has 3 rings (SSSR count). The number of fused-ring (bicyclic) bond motifs is 1. The largest absolute Gasteiger partial charge is 0.493 e. The molecule has 0 amide bonds. The second kappa shape index (κ2) is 8.54. The van der Waals surface area contributed by atoms with Crippen molar-refractivity contribution in [2.75, 3.05) is 6.61 Å². The molecule has 0 fully saturated rings. The summed E-state index contributed by atoms with van der Waals surface area (Å²) >= 11 is 0. The molecule has 0 aliphatic carbocycles. The van der Waals surface area contributed by atoms with Crippen molar-refractivity contribution in [1.29, 1.82) is 0 Å². The van der Waals surface area contributed by atoms with Gasteiger partial charge in [-0.3, -0.25) is 9.59 Å². The van der Waals surface area contributed by atoms with Gasteiger partial charge in [0.1, 0.15) is 16.9 Å². The standard InChI is InChI=1S/C22H22O5/c1-3-4-8-13-25-17-11-12-18-19(14-17)27-22(26-15(2)23)20(21(18)24)16-9-6-5-7-10-16/h5-7,9-12,14H,3-4,8,13H2,1-2H3. The van der Waals surface area contributed by atoms with Crippen molar-refractivity contribution in [3.05, 3.63) is 58.8 Å². The Labute approximate surface area is 157 Å². The number of hydrogen-bond donors (Lipinski definition) is 0. The predicted octanol–water partition coefficient (Wildman–Crippen LogP) is 4.95. The van der Waals surface area contributed by atoms with Crippen molar-refractivity contribution in [2.24, 2.45) is 0 Å². The molecule has 5 nitrogen and oxygen atoms in total. The van der Waals surface area contributed by atoms with Crippen LogP contribution in [-0.4, -0.2) is 12.6 Å². The highest BCUT2D eigenvalue weighted by Crippen LogP contribution is 2.32. The second-order valence-electron chi connectivity index (χ2n) is 6.27. The van der Waals surface area contributed by atoms with Crippen LogP contribution in [0.15, 0.2) is 57.7 Å². The van der Waals surface area contributed by atoms with E-state index in [-0.39, 0.29) is 16.9 Å². The molecule has 3 aromatic rings. The maximum absolute atomic E-state index is 13.0. The quantitative estimate of drug-likeness (QED) is 0.437. The maximum Gasteiger partial charge on any atom is 0.310 e. The van der Waals surface area contributed by atoms with Crippen LogP contribution in [0.1, 0.15) is 33.1 Å². The molecule has 1 aromatic heterocycles. The first-order valence-electron chi connectivity index (χ1n) is 9.07.